The maximum atomic E-state index is 3.00. The highest BCUT2D eigenvalue weighted by molar-refractivity contribution is 5.21. The van der Waals surface area contributed by atoms with Gasteiger partial charge in [-0.1, -0.05) is 77.8 Å². The molecule has 0 N–H and O–H groups in total. The molecule has 0 bridgehead atoms. The first kappa shape index (κ1) is 17.4. The predicted molar refractivity (Wildman–Crippen MR) is 77.0 cm³/mol. The van der Waals surface area contributed by atoms with Gasteiger partial charge in [-0.15, -0.1) is 13.2 Å². The van der Waals surface area contributed by atoms with Crippen LogP contribution >= 0.6 is 0 Å². The number of hydrogen-bond donors (Lipinski definition) is 0. The Bertz CT molecular complexity index is 226. The van der Waals surface area contributed by atoms with E-state index >= 15 is 0 Å². The lowest BCUT2D eigenvalue weighted by Crippen LogP contribution is -2.10. The minimum atomic E-state index is 0.293. The first-order valence-corrected chi connectivity index (χ1v) is 6.07. The van der Waals surface area contributed by atoms with Crippen LogP contribution in [0.1, 0.15) is 53.0 Å². The van der Waals surface area contributed by atoms with Gasteiger partial charge in [0.2, 0.25) is 0 Å². The van der Waals surface area contributed by atoms with Crippen molar-refractivity contribution in [1.82, 2.24) is 0 Å². The lowest BCUT2D eigenvalue weighted by Gasteiger charge is -2.18. The number of unbranched alkanes of at least 4 members (excludes halogenated alkanes) is 1. The largest absolute Gasteiger partial charge is 0.106 e. The third-order valence-corrected chi connectivity index (χ3v) is 2.14. The fourth-order valence-electron chi connectivity index (χ4n) is 0.938. The molecule has 92 valence electrons. The molecule has 0 heterocycles. The molecular weight excluding hydrogens is 192 g/mol. The predicted octanol–water partition coefficient (Wildman–Crippen LogP) is 5.59. The Kier molecular flexibility index (Phi) is 11.4. The second kappa shape index (κ2) is 10.5. The van der Waals surface area contributed by atoms with E-state index in [1.165, 1.54) is 18.4 Å². The fourth-order valence-corrected chi connectivity index (χ4v) is 0.938. The highest BCUT2D eigenvalue weighted by Gasteiger charge is 2.11. The van der Waals surface area contributed by atoms with Gasteiger partial charge in [0, 0.05) is 0 Å². The topological polar surface area (TPSA) is 0 Å². The molecule has 1 rings (SSSR count). The van der Waals surface area contributed by atoms with E-state index in [2.05, 4.69) is 78.1 Å². The number of benzene rings is 1. The van der Waals surface area contributed by atoms with Crippen LogP contribution in [0.3, 0.4) is 0 Å². The lowest BCUT2D eigenvalue weighted by molar-refractivity contribution is 0.590. The van der Waals surface area contributed by atoms with Crippen LogP contribution in [-0.4, -0.2) is 0 Å². The first-order valence-electron chi connectivity index (χ1n) is 6.07. The monoisotopic (exact) mass is 220 g/mol. The molecule has 0 fully saturated rings. The van der Waals surface area contributed by atoms with E-state index in [0.717, 1.165) is 0 Å². The Balaban J connectivity index is 0. The van der Waals surface area contributed by atoms with E-state index in [0.29, 0.717) is 5.41 Å². The highest BCUT2D eigenvalue weighted by atomic mass is 14.2. The van der Waals surface area contributed by atoms with E-state index in [-0.39, 0.29) is 0 Å². The molecule has 0 heteroatoms. The van der Waals surface area contributed by atoms with Gasteiger partial charge in [-0.25, -0.2) is 0 Å². The van der Waals surface area contributed by atoms with Crippen molar-refractivity contribution >= 4 is 0 Å². The third kappa shape index (κ3) is 9.51. The summed E-state index contributed by atoms with van der Waals surface area (Å²) in [4.78, 5) is 0. The molecule has 0 amide bonds. The summed E-state index contributed by atoms with van der Waals surface area (Å²) in [6.07, 6.45) is 2.64. The molecule has 0 saturated carbocycles. The van der Waals surface area contributed by atoms with Gasteiger partial charge in [-0.3, -0.25) is 0 Å². The minimum Gasteiger partial charge on any atom is -0.106 e. The summed E-state index contributed by atoms with van der Waals surface area (Å²) in [6, 6.07) is 10.6. The SMILES string of the molecule is C=C.CC(C)(C)c1ccccc1.CCCC. The van der Waals surface area contributed by atoms with Gasteiger partial charge in [0.05, 0.1) is 0 Å². The third-order valence-electron chi connectivity index (χ3n) is 2.14. The number of rotatable bonds is 1. The van der Waals surface area contributed by atoms with Crippen molar-refractivity contribution in [3.63, 3.8) is 0 Å². The summed E-state index contributed by atoms with van der Waals surface area (Å²) in [6.45, 7) is 17.0. The molecule has 0 spiro atoms. The van der Waals surface area contributed by atoms with Gasteiger partial charge in [0.15, 0.2) is 0 Å². The van der Waals surface area contributed by atoms with Crippen molar-refractivity contribution in [2.45, 2.75) is 52.9 Å². The van der Waals surface area contributed by atoms with Crippen molar-refractivity contribution in [2.75, 3.05) is 0 Å². The molecule has 0 aliphatic carbocycles. The van der Waals surface area contributed by atoms with E-state index < -0.39 is 0 Å². The molecule has 0 aromatic heterocycles. The Labute approximate surface area is 102 Å². The van der Waals surface area contributed by atoms with Gasteiger partial charge >= 0.3 is 0 Å². The van der Waals surface area contributed by atoms with Gasteiger partial charge in [-0.05, 0) is 11.0 Å². The molecule has 0 aliphatic rings. The lowest BCUT2D eigenvalue weighted by atomic mass is 9.87. The van der Waals surface area contributed by atoms with Crippen LogP contribution in [0.5, 0.6) is 0 Å². The van der Waals surface area contributed by atoms with Crippen molar-refractivity contribution in [3.8, 4) is 0 Å². The van der Waals surface area contributed by atoms with Crippen LogP contribution < -0.4 is 0 Å². The van der Waals surface area contributed by atoms with E-state index in [1.807, 2.05) is 0 Å². The highest BCUT2D eigenvalue weighted by Crippen LogP contribution is 2.20. The van der Waals surface area contributed by atoms with Crippen LogP contribution in [0.2, 0.25) is 0 Å². The summed E-state index contributed by atoms with van der Waals surface area (Å²) in [5.74, 6) is 0. The summed E-state index contributed by atoms with van der Waals surface area (Å²) in [5, 5.41) is 0. The summed E-state index contributed by atoms with van der Waals surface area (Å²) < 4.78 is 0. The summed E-state index contributed by atoms with van der Waals surface area (Å²) in [5.41, 5.74) is 1.69. The van der Waals surface area contributed by atoms with Crippen molar-refractivity contribution in [3.05, 3.63) is 49.1 Å². The van der Waals surface area contributed by atoms with Gasteiger partial charge in [0.1, 0.15) is 0 Å². The summed E-state index contributed by atoms with van der Waals surface area (Å²) in [7, 11) is 0. The molecule has 0 nitrogen and oxygen atoms in total. The molecule has 1 aromatic carbocycles. The second-order valence-corrected chi connectivity index (χ2v) is 4.62. The van der Waals surface area contributed by atoms with E-state index in [9.17, 15) is 0 Å². The average molecular weight is 220 g/mol. The van der Waals surface area contributed by atoms with E-state index in [1.54, 1.807) is 0 Å². The van der Waals surface area contributed by atoms with E-state index in [4.69, 9.17) is 0 Å². The van der Waals surface area contributed by atoms with Crippen LogP contribution in [0, 0.1) is 0 Å². The molecule has 0 saturated heterocycles. The maximum Gasteiger partial charge on any atom is -0.0132 e. The van der Waals surface area contributed by atoms with Gasteiger partial charge in [-0.2, -0.15) is 0 Å². The normalized spacial score (nSPS) is 9.31. The molecule has 0 radical (unpaired) electrons. The van der Waals surface area contributed by atoms with Crippen LogP contribution in [0.4, 0.5) is 0 Å². The molecular formula is C16H28. The Morgan fingerprint density at radius 2 is 1.25 bits per heavy atom. The van der Waals surface area contributed by atoms with Crippen LogP contribution in [-0.2, 0) is 5.41 Å². The molecule has 1 aromatic rings. The Hall–Kier alpha value is -1.04. The smallest absolute Gasteiger partial charge is 0.0132 e. The standard InChI is InChI=1S/C10H14.C4H10.C2H4/c1-10(2,3)9-7-5-4-6-8-9;1-3-4-2;1-2/h4-8H,1-3H3;3-4H2,1-2H3;1-2H2. The molecule has 0 atom stereocenters. The fraction of sp³-hybridized carbons (Fsp3) is 0.500. The molecule has 0 aliphatic heterocycles. The minimum absolute atomic E-state index is 0.293. The zero-order chi connectivity index (χ0) is 13.0. The molecule has 0 unspecified atom stereocenters. The quantitative estimate of drug-likeness (QED) is 0.541. The van der Waals surface area contributed by atoms with Gasteiger partial charge < -0.3 is 0 Å². The first-order chi connectivity index (χ1) is 7.52. The zero-order valence-corrected chi connectivity index (χ0v) is 11.7. The zero-order valence-electron chi connectivity index (χ0n) is 11.7. The van der Waals surface area contributed by atoms with Crippen LogP contribution in [0.25, 0.3) is 0 Å². The van der Waals surface area contributed by atoms with Crippen molar-refractivity contribution < 1.29 is 0 Å². The summed E-state index contributed by atoms with van der Waals surface area (Å²) >= 11 is 0. The van der Waals surface area contributed by atoms with Gasteiger partial charge in [0.25, 0.3) is 0 Å². The second-order valence-electron chi connectivity index (χ2n) is 4.62. The Morgan fingerprint density at radius 3 is 1.44 bits per heavy atom. The molecule has 16 heavy (non-hydrogen) atoms. The van der Waals surface area contributed by atoms with Crippen molar-refractivity contribution in [2.24, 2.45) is 0 Å². The van der Waals surface area contributed by atoms with Crippen LogP contribution in [0.15, 0.2) is 43.5 Å². The maximum absolute atomic E-state index is 3.00. The Morgan fingerprint density at radius 1 is 0.875 bits per heavy atom. The average Bonchev–Trinajstić information content (AvgIpc) is 2.32. The number of hydrogen-bond acceptors (Lipinski definition) is 0. The van der Waals surface area contributed by atoms with Crippen molar-refractivity contribution in [1.29, 1.82) is 0 Å².